The maximum Gasteiger partial charge on any atom is 0.244 e. The topological polar surface area (TPSA) is 40.6 Å². The van der Waals surface area contributed by atoms with Crippen molar-refractivity contribution in [1.29, 1.82) is 0 Å². The molecule has 5 heteroatoms. The zero-order valence-corrected chi connectivity index (χ0v) is 9.66. The van der Waals surface area contributed by atoms with Gasteiger partial charge in [-0.15, -0.1) is 0 Å². The summed E-state index contributed by atoms with van der Waals surface area (Å²) in [5.41, 5.74) is 0.779. The SMILES string of the molecule is CN1CCN(C)S(=O)(=O)c2ccccc21. The van der Waals surface area contributed by atoms with Crippen LogP contribution in [0.5, 0.6) is 0 Å². The Kier molecular flexibility index (Phi) is 2.44. The lowest BCUT2D eigenvalue weighted by molar-refractivity contribution is 0.481. The van der Waals surface area contributed by atoms with Crippen molar-refractivity contribution in [3.63, 3.8) is 0 Å². The van der Waals surface area contributed by atoms with Crippen molar-refractivity contribution < 1.29 is 8.42 Å². The summed E-state index contributed by atoms with van der Waals surface area (Å²) in [6.45, 7) is 1.24. The molecule has 0 atom stereocenters. The second kappa shape index (κ2) is 3.50. The fraction of sp³-hybridized carbons (Fsp3) is 0.400. The molecule has 4 nitrogen and oxygen atoms in total. The lowest BCUT2D eigenvalue weighted by atomic mass is 10.3. The van der Waals surface area contributed by atoms with Crippen LogP contribution in [0.3, 0.4) is 0 Å². The lowest BCUT2D eigenvalue weighted by Gasteiger charge is -2.17. The van der Waals surface area contributed by atoms with Gasteiger partial charge in [0.2, 0.25) is 10.0 Å². The monoisotopic (exact) mass is 226 g/mol. The number of para-hydroxylation sites is 1. The summed E-state index contributed by atoms with van der Waals surface area (Å²) in [4.78, 5) is 2.36. The van der Waals surface area contributed by atoms with Crippen molar-refractivity contribution in [1.82, 2.24) is 4.31 Å². The van der Waals surface area contributed by atoms with E-state index in [9.17, 15) is 8.42 Å². The number of fused-ring (bicyclic) bond motifs is 1. The van der Waals surface area contributed by atoms with Crippen LogP contribution in [0.2, 0.25) is 0 Å². The van der Waals surface area contributed by atoms with Gasteiger partial charge in [0.15, 0.2) is 0 Å². The molecule has 0 fully saturated rings. The number of rotatable bonds is 0. The number of anilines is 1. The molecule has 15 heavy (non-hydrogen) atoms. The Morgan fingerprint density at radius 1 is 1.13 bits per heavy atom. The Morgan fingerprint density at radius 3 is 2.53 bits per heavy atom. The molecule has 82 valence electrons. The van der Waals surface area contributed by atoms with Gasteiger partial charge in [0.05, 0.1) is 5.69 Å². The molecule has 0 amide bonds. The fourth-order valence-corrected chi connectivity index (χ4v) is 3.09. The zero-order valence-electron chi connectivity index (χ0n) is 8.84. The fourth-order valence-electron chi connectivity index (χ4n) is 1.69. The van der Waals surface area contributed by atoms with Crippen molar-refractivity contribution >= 4 is 15.7 Å². The van der Waals surface area contributed by atoms with Crippen LogP contribution in [-0.2, 0) is 10.0 Å². The third kappa shape index (κ3) is 1.61. The molecule has 0 spiro atoms. The van der Waals surface area contributed by atoms with Crippen LogP contribution in [0, 0.1) is 0 Å². The van der Waals surface area contributed by atoms with Gasteiger partial charge in [0.25, 0.3) is 0 Å². The Morgan fingerprint density at radius 2 is 1.80 bits per heavy atom. The number of likely N-dealkylation sites (N-methyl/N-ethyl adjacent to an activating group) is 2. The van der Waals surface area contributed by atoms with Crippen LogP contribution in [-0.4, -0.2) is 39.9 Å². The highest BCUT2D eigenvalue weighted by Crippen LogP contribution is 2.28. The highest BCUT2D eigenvalue weighted by molar-refractivity contribution is 7.89. The molecule has 2 rings (SSSR count). The molecule has 1 aliphatic heterocycles. The van der Waals surface area contributed by atoms with Crippen molar-refractivity contribution in [2.45, 2.75) is 4.90 Å². The number of benzene rings is 1. The highest BCUT2D eigenvalue weighted by Gasteiger charge is 2.28. The van der Waals surface area contributed by atoms with Gasteiger partial charge in [0, 0.05) is 27.2 Å². The average Bonchev–Trinajstić information content (AvgIpc) is 2.31. The molecule has 0 N–H and O–H groups in total. The third-order valence-corrected chi connectivity index (χ3v) is 4.62. The minimum Gasteiger partial charge on any atom is -0.372 e. The molecule has 0 saturated carbocycles. The molecule has 0 aliphatic carbocycles. The number of hydrogen-bond donors (Lipinski definition) is 0. The maximum absolute atomic E-state index is 12.1. The van der Waals surface area contributed by atoms with E-state index in [1.54, 1.807) is 19.2 Å². The van der Waals surface area contributed by atoms with Gasteiger partial charge in [-0.05, 0) is 12.1 Å². The van der Waals surface area contributed by atoms with Gasteiger partial charge >= 0.3 is 0 Å². The molecule has 0 saturated heterocycles. The predicted molar refractivity (Wildman–Crippen MR) is 59.5 cm³/mol. The van der Waals surface area contributed by atoms with E-state index in [-0.39, 0.29) is 0 Å². The Hall–Kier alpha value is -1.07. The van der Waals surface area contributed by atoms with E-state index in [0.29, 0.717) is 18.0 Å². The number of hydrogen-bond acceptors (Lipinski definition) is 3. The highest BCUT2D eigenvalue weighted by atomic mass is 32.2. The van der Waals surface area contributed by atoms with Gasteiger partial charge in [-0.25, -0.2) is 8.42 Å². The Bertz CT molecular complexity index is 470. The van der Waals surface area contributed by atoms with E-state index >= 15 is 0 Å². The van der Waals surface area contributed by atoms with Crippen LogP contribution >= 0.6 is 0 Å². The third-order valence-electron chi connectivity index (χ3n) is 2.72. The van der Waals surface area contributed by atoms with E-state index in [2.05, 4.69) is 0 Å². The van der Waals surface area contributed by atoms with Crippen LogP contribution in [0.1, 0.15) is 0 Å². The van der Waals surface area contributed by atoms with E-state index < -0.39 is 10.0 Å². The van der Waals surface area contributed by atoms with Gasteiger partial charge < -0.3 is 4.90 Å². The molecule has 1 aliphatic rings. The van der Waals surface area contributed by atoms with Crippen LogP contribution in [0.25, 0.3) is 0 Å². The van der Waals surface area contributed by atoms with Gasteiger partial charge in [0.1, 0.15) is 4.90 Å². The second-order valence-electron chi connectivity index (χ2n) is 3.72. The summed E-state index contributed by atoms with van der Waals surface area (Å²) in [5, 5.41) is 0. The first-order valence-electron chi connectivity index (χ1n) is 4.80. The second-order valence-corrected chi connectivity index (χ2v) is 5.73. The first-order valence-corrected chi connectivity index (χ1v) is 6.24. The first-order chi connectivity index (χ1) is 7.03. The molecule has 1 heterocycles. The van der Waals surface area contributed by atoms with E-state index in [1.807, 2.05) is 24.1 Å². The van der Waals surface area contributed by atoms with Gasteiger partial charge in [-0.1, -0.05) is 12.1 Å². The Labute approximate surface area is 90.2 Å². The molecule has 0 bridgehead atoms. The summed E-state index contributed by atoms with van der Waals surface area (Å²) in [5.74, 6) is 0. The summed E-state index contributed by atoms with van der Waals surface area (Å²) in [7, 11) is 0.228. The smallest absolute Gasteiger partial charge is 0.244 e. The minimum atomic E-state index is -3.30. The molecule has 0 radical (unpaired) electrons. The van der Waals surface area contributed by atoms with Crippen LogP contribution < -0.4 is 4.90 Å². The molecule has 1 aromatic carbocycles. The van der Waals surface area contributed by atoms with E-state index in [0.717, 1.165) is 5.69 Å². The van der Waals surface area contributed by atoms with Crippen molar-refractivity contribution in [3.05, 3.63) is 24.3 Å². The van der Waals surface area contributed by atoms with E-state index in [4.69, 9.17) is 0 Å². The number of nitrogens with zero attached hydrogens (tertiary/aromatic N) is 2. The zero-order chi connectivity index (χ0) is 11.1. The molecule has 0 aromatic heterocycles. The van der Waals surface area contributed by atoms with E-state index in [1.165, 1.54) is 4.31 Å². The number of sulfonamides is 1. The largest absolute Gasteiger partial charge is 0.372 e. The predicted octanol–water partition coefficient (Wildman–Crippen LogP) is 0.757. The molecule has 1 aromatic rings. The Balaban J connectivity index is 2.67. The molecular formula is C10H14N2O2S. The summed E-state index contributed by atoms with van der Waals surface area (Å²) >= 11 is 0. The summed E-state index contributed by atoms with van der Waals surface area (Å²) < 4.78 is 25.5. The standard InChI is InChI=1S/C10H14N2O2S/c1-11-7-8-12(2)15(13,14)10-6-4-3-5-9(10)11/h3-6H,7-8H2,1-2H3. The quantitative estimate of drug-likeness (QED) is 0.655. The van der Waals surface area contributed by atoms with Crippen LogP contribution in [0.4, 0.5) is 5.69 Å². The normalized spacial score (nSPS) is 20.8. The first kappa shape index (κ1) is 10.4. The van der Waals surface area contributed by atoms with Gasteiger partial charge in [-0.3, -0.25) is 0 Å². The van der Waals surface area contributed by atoms with Crippen molar-refractivity contribution in [2.24, 2.45) is 0 Å². The van der Waals surface area contributed by atoms with Crippen LogP contribution in [0.15, 0.2) is 29.2 Å². The maximum atomic E-state index is 12.1. The summed E-state index contributed by atoms with van der Waals surface area (Å²) in [6.07, 6.45) is 0. The van der Waals surface area contributed by atoms with Crippen molar-refractivity contribution in [2.75, 3.05) is 32.1 Å². The average molecular weight is 226 g/mol. The lowest BCUT2D eigenvalue weighted by Crippen LogP contribution is -2.30. The van der Waals surface area contributed by atoms with Crippen molar-refractivity contribution in [3.8, 4) is 0 Å². The summed E-state index contributed by atoms with van der Waals surface area (Å²) in [6, 6.07) is 7.11. The molecular weight excluding hydrogens is 212 g/mol. The minimum absolute atomic E-state index is 0.396. The molecule has 0 unspecified atom stereocenters. The van der Waals surface area contributed by atoms with Gasteiger partial charge in [-0.2, -0.15) is 4.31 Å².